The number of hydrogen-bond donors (Lipinski definition) is 2. The predicted octanol–water partition coefficient (Wildman–Crippen LogP) is 1.46. The zero-order valence-electron chi connectivity index (χ0n) is 11.0. The van der Waals surface area contributed by atoms with Crippen molar-refractivity contribution >= 4 is 11.5 Å². The molecule has 0 saturated carbocycles. The minimum atomic E-state index is -0.983. The number of aryl methyl sites for hydroxylation is 1. The number of carbonyl (C=O) groups is 1. The first-order chi connectivity index (χ1) is 9.45. The number of aromatic nitrogens is 1. The number of hydrogen-bond acceptors (Lipinski definition) is 3. The molecule has 0 amide bonds. The van der Waals surface area contributed by atoms with E-state index in [1.54, 1.807) is 18.2 Å². The van der Waals surface area contributed by atoms with Gasteiger partial charge in [-0.1, -0.05) is 19.2 Å². The Morgan fingerprint density at radius 1 is 1.50 bits per heavy atom. The first-order valence-corrected chi connectivity index (χ1v) is 6.21. The zero-order valence-corrected chi connectivity index (χ0v) is 11.0. The fraction of sp³-hybridized carbons (Fsp3) is 0.200. The lowest BCUT2D eigenvalue weighted by molar-refractivity contribution is -0.140. The average molecular weight is 272 g/mol. The van der Waals surface area contributed by atoms with Gasteiger partial charge in [0.15, 0.2) is 0 Å². The Labute approximate surface area is 116 Å². The van der Waals surface area contributed by atoms with Gasteiger partial charge < -0.3 is 10.8 Å². The monoisotopic (exact) mass is 272 g/mol. The summed E-state index contributed by atoms with van der Waals surface area (Å²) in [4.78, 5) is 23.2. The Morgan fingerprint density at radius 2 is 2.20 bits per heavy atom. The van der Waals surface area contributed by atoms with Gasteiger partial charge >= 0.3 is 5.97 Å². The van der Waals surface area contributed by atoms with Crippen LogP contribution < -0.4 is 11.3 Å². The molecule has 1 aliphatic rings. The fourth-order valence-electron chi connectivity index (χ4n) is 2.40. The molecule has 104 valence electrons. The van der Waals surface area contributed by atoms with E-state index in [4.69, 9.17) is 10.8 Å². The summed E-state index contributed by atoms with van der Waals surface area (Å²) in [6.07, 6.45) is 4.13. The number of pyridine rings is 1. The number of carboxylic acids is 1. The normalized spacial score (nSPS) is 17.6. The molecule has 1 aliphatic heterocycles. The van der Waals surface area contributed by atoms with Gasteiger partial charge in [-0.05, 0) is 36.1 Å². The summed E-state index contributed by atoms with van der Waals surface area (Å²) in [7, 11) is 0. The summed E-state index contributed by atoms with van der Waals surface area (Å²) in [5.41, 5.74) is 7.75. The second-order valence-corrected chi connectivity index (χ2v) is 4.67. The molecule has 0 saturated heterocycles. The zero-order chi connectivity index (χ0) is 14.9. The lowest BCUT2D eigenvalue weighted by atomic mass is 10.0. The van der Waals surface area contributed by atoms with Crippen molar-refractivity contribution < 1.29 is 9.90 Å². The van der Waals surface area contributed by atoms with Crippen molar-refractivity contribution in [1.29, 1.82) is 0 Å². The van der Waals surface area contributed by atoms with E-state index in [2.05, 4.69) is 13.2 Å². The van der Waals surface area contributed by atoms with Crippen LogP contribution in [-0.2, 0) is 11.2 Å². The smallest absolute Gasteiger partial charge is 0.326 e. The highest BCUT2D eigenvalue weighted by molar-refractivity contribution is 5.77. The van der Waals surface area contributed by atoms with E-state index in [-0.39, 0.29) is 5.56 Å². The quantitative estimate of drug-likeness (QED) is 0.813. The van der Waals surface area contributed by atoms with Crippen LogP contribution >= 0.6 is 0 Å². The average Bonchev–Trinajstić information content (AvgIpc) is 2.82. The van der Waals surface area contributed by atoms with Crippen LogP contribution in [0.25, 0.3) is 5.57 Å². The molecule has 5 nitrogen and oxygen atoms in total. The Morgan fingerprint density at radius 3 is 2.80 bits per heavy atom. The minimum absolute atomic E-state index is 0.338. The molecule has 1 atom stereocenters. The van der Waals surface area contributed by atoms with Crippen molar-refractivity contribution in [2.75, 3.05) is 0 Å². The second-order valence-electron chi connectivity index (χ2n) is 4.67. The topological polar surface area (TPSA) is 85.3 Å². The number of rotatable bonds is 4. The van der Waals surface area contributed by atoms with Crippen molar-refractivity contribution in [3.8, 4) is 0 Å². The number of nitrogens with two attached hydrogens (primary N) is 1. The van der Waals surface area contributed by atoms with Crippen LogP contribution in [0.3, 0.4) is 0 Å². The molecule has 0 aromatic carbocycles. The second kappa shape index (κ2) is 5.21. The van der Waals surface area contributed by atoms with Crippen LogP contribution in [0.15, 0.2) is 47.9 Å². The molecule has 2 rings (SSSR count). The highest BCUT2D eigenvalue weighted by Gasteiger charge is 2.29. The molecular formula is C15H16N2O3. The third-order valence-corrected chi connectivity index (χ3v) is 3.41. The largest absolute Gasteiger partial charge is 0.480 e. The van der Waals surface area contributed by atoms with Gasteiger partial charge in [0.1, 0.15) is 6.04 Å². The number of nitrogens with zero attached hydrogens (tertiary/aromatic N) is 1. The van der Waals surface area contributed by atoms with Crippen LogP contribution in [0, 0.1) is 0 Å². The summed E-state index contributed by atoms with van der Waals surface area (Å²) < 4.78 is 1.33. The van der Waals surface area contributed by atoms with E-state index in [1.165, 1.54) is 10.6 Å². The first kappa shape index (κ1) is 13.9. The lowest BCUT2D eigenvalue weighted by Gasteiger charge is -2.12. The third kappa shape index (κ3) is 2.30. The van der Waals surface area contributed by atoms with Crippen LogP contribution in [0.2, 0.25) is 0 Å². The van der Waals surface area contributed by atoms with Crippen molar-refractivity contribution in [1.82, 2.24) is 4.57 Å². The number of fused-ring (bicyclic) bond motifs is 1. The molecule has 3 N–H and O–H groups in total. The maximum Gasteiger partial charge on any atom is 0.326 e. The molecule has 0 radical (unpaired) electrons. The number of aliphatic carboxylic acids is 1. The Balaban J connectivity index is 2.48. The van der Waals surface area contributed by atoms with E-state index >= 15 is 0 Å². The van der Waals surface area contributed by atoms with E-state index in [0.29, 0.717) is 35.4 Å². The van der Waals surface area contributed by atoms with E-state index in [1.807, 2.05) is 0 Å². The SMILES string of the molecule is C=C/C=C(/N)C(=C)c1cc2n(c(=O)c1)C(C(=O)O)CC2. The molecule has 0 aliphatic carbocycles. The highest BCUT2D eigenvalue weighted by Crippen LogP contribution is 2.26. The molecule has 0 bridgehead atoms. The Hall–Kier alpha value is -2.56. The van der Waals surface area contributed by atoms with E-state index in [9.17, 15) is 9.59 Å². The van der Waals surface area contributed by atoms with Gasteiger partial charge in [0, 0.05) is 17.5 Å². The Kier molecular flexibility index (Phi) is 3.61. The van der Waals surface area contributed by atoms with Crippen molar-refractivity contribution in [2.24, 2.45) is 5.73 Å². The minimum Gasteiger partial charge on any atom is -0.480 e. The number of carboxylic acid groups (broad SMARTS) is 1. The van der Waals surface area contributed by atoms with Gasteiger partial charge in [-0.2, -0.15) is 0 Å². The Bertz CT molecular complexity index is 683. The van der Waals surface area contributed by atoms with Crippen molar-refractivity contribution in [3.05, 3.63) is 64.8 Å². The van der Waals surface area contributed by atoms with Crippen molar-refractivity contribution in [2.45, 2.75) is 18.9 Å². The third-order valence-electron chi connectivity index (χ3n) is 3.41. The number of allylic oxidation sites excluding steroid dienone is 3. The van der Waals surface area contributed by atoms with Gasteiger partial charge in [0.25, 0.3) is 5.56 Å². The molecule has 1 aromatic rings. The van der Waals surface area contributed by atoms with Gasteiger partial charge in [0.2, 0.25) is 0 Å². The maximum atomic E-state index is 12.1. The van der Waals surface area contributed by atoms with E-state index in [0.717, 1.165) is 0 Å². The molecule has 2 heterocycles. The van der Waals surface area contributed by atoms with Gasteiger partial charge in [0.05, 0.1) is 0 Å². The van der Waals surface area contributed by atoms with Crippen molar-refractivity contribution in [3.63, 3.8) is 0 Å². The molecule has 1 unspecified atom stereocenters. The molecule has 0 fully saturated rings. The summed E-state index contributed by atoms with van der Waals surface area (Å²) in [5.74, 6) is -0.983. The molecular weight excluding hydrogens is 256 g/mol. The first-order valence-electron chi connectivity index (χ1n) is 6.21. The highest BCUT2D eigenvalue weighted by atomic mass is 16.4. The molecule has 20 heavy (non-hydrogen) atoms. The van der Waals surface area contributed by atoms with Crippen LogP contribution in [-0.4, -0.2) is 15.6 Å². The van der Waals surface area contributed by atoms with Crippen LogP contribution in [0.1, 0.15) is 23.7 Å². The summed E-state index contributed by atoms with van der Waals surface area (Å²) in [6.45, 7) is 7.41. The van der Waals surface area contributed by atoms with Gasteiger partial charge in [-0.25, -0.2) is 4.79 Å². The van der Waals surface area contributed by atoms with Gasteiger partial charge in [-0.15, -0.1) is 0 Å². The maximum absolute atomic E-state index is 12.1. The summed E-state index contributed by atoms with van der Waals surface area (Å²) in [6, 6.07) is 2.37. The molecule has 5 heteroatoms. The molecule has 1 aromatic heterocycles. The summed E-state index contributed by atoms with van der Waals surface area (Å²) >= 11 is 0. The summed E-state index contributed by atoms with van der Waals surface area (Å²) in [5, 5.41) is 9.10. The van der Waals surface area contributed by atoms with Crippen LogP contribution in [0.4, 0.5) is 0 Å². The van der Waals surface area contributed by atoms with Crippen LogP contribution in [0.5, 0.6) is 0 Å². The van der Waals surface area contributed by atoms with Gasteiger partial charge in [-0.3, -0.25) is 9.36 Å². The molecule has 0 spiro atoms. The van der Waals surface area contributed by atoms with E-state index < -0.39 is 12.0 Å². The predicted molar refractivity (Wildman–Crippen MR) is 77.2 cm³/mol. The fourth-order valence-corrected chi connectivity index (χ4v) is 2.40. The lowest BCUT2D eigenvalue weighted by Crippen LogP contribution is -2.27. The standard InChI is InChI=1S/C15H16N2O3/c1-3-4-12(16)9(2)10-7-11-5-6-13(15(19)20)17(11)14(18)8-10/h3-4,7-8,13H,1-2,5-6,16H2,(H,19,20)/b12-4+.